The first-order valence-electron chi connectivity index (χ1n) is 6.26. The van der Waals surface area contributed by atoms with Gasteiger partial charge in [0.1, 0.15) is 0 Å². The molecule has 0 aliphatic heterocycles. The molecule has 0 bridgehead atoms. The third kappa shape index (κ3) is 1.41. The number of halogens is 3. The molecule has 0 amide bonds. The van der Waals surface area contributed by atoms with E-state index in [0.717, 1.165) is 0 Å². The molecule has 2 rings (SSSR count). The van der Waals surface area contributed by atoms with Crippen LogP contribution in [0.4, 0.5) is 13.2 Å². The highest BCUT2D eigenvalue weighted by molar-refractivity contribution is 5.32. The van der Waals surface area contributed by atoms with Crippen molar-refractivity contribution in [1.82, 2.24) is 0 Å². The minimum Gasteiger partial charge on any atom is -0.204 e. The monoisotopic (exact) mass is 204 g/mol. The molecule has 1 atom stereocenters. The summed E-state index contributed by atoms with van der Waals surface area (Å²) in [6.45, 7) is 1.34. The third-order valence-corrected chi connectivity index (χ3v) is 2.22. The van der Waals surface area contributed by atoms with Crippen molar-refractivity contribution in [3.8, 4) is 0 Å². The standard InChI is InChI=1S/C11H11F3/c1-6-2-3-8-7(4-6)5-9(12)11(14)10(8)13/h5-6H,2-4H2,1H3/i2D2,4D2. The average Bonchev–Trinajstić information content (AvgIpc) is 2.26. The molecule has 0 heterocycles. The highest BCUT2D eigenvalue weighted by Gasteiger charge is 2.23. The lowest BCUT2D eigenvalue weighted by Gasteiger charge is -2.21. The van der Waals surface area contributed by atoms with Crippen LogP contribution in [0, 0.1) is 23.4 Å². The van der Waals surface area contributed by atoms with Crippen molar-refractivity contribution in [3.05, 3.63) is 34.6 Å². The van der Waals surface area contributed by atoms with Crippen molar-refractivity contribution in [2.75, 3.05) is 0 Å². The van der Waals surface area contributed by atoms with Crippen LogP contribution in [0.3, 0.4) is 0 Å². The first kappa shape index (κ1) is 5.79. The van der Waals surface area contributed by atoms with Crippen LogP contribution in [-0.4, -0.2) is 0 Å². The van der Waals surface area contributed by atoms with Crippen molar-refractivity contribution in [3.63, 3.8) is 0 Å². The molecule has 0 nitrogen and oxygen atoms in total. The van der Waals surface area contributed by atoms with Gasteiger partial charge in [0.05, 0.1) is 0 Å². The number of benzene rings is 1. The van der Waals surface area contributed by atoms with E-state index in [2.05, 4.69) is 0 Å². The molecule has 1 aromatic rings. The second-order valence-corrected chi connectivity index (χ2v) is 3.26. The summed E-state index contributed by atoms with van der Waals surface area (Å²) < 4.78 is 70.9. The SMILES string of the molecule is [2H]C1([2H])Cc2c(cc(F)c(F)c2F)C([2H])([2H])C1C. The van der Waals surface area contributed by atoms with Gasteiger partial charge in [0.15, 0.2) is 17.5 Å². The maximum absolute atomic E-state index is 13.6. The van der Waals surface area contributed by atoms with Gasteiger partial charge in [-0.05, 0) is 42.3 Å². The lowest BCUT2D eigenvalue weighted by Crippen LogP contribution is -2.14. The number of hydrogen-bond donors (Lipinski definition) is 0. The van der Waals surface area contributed by atoms with E-state index in [1.807, 2.05) is 0 Å². The summed E-state index contributed by atoms with van der Waals surface area (Å²) in [5.41, 5.74) is -0.719. The van der Waals surface area contributed by atoms with Crippen LogP contribution in [0.1, 0.15) is 29.9 Å². The highest BCUT2D eigenvalue weighted by Crippen LogP contribution is 2.29. The van der Waals surface area contributed by atoms with Crippen LogP contribution < -0.4 is 0 Å². The fourth-order valence-corrected chi connectivity index (χ4v) is 1.47. The maximum atomic E-state index is 13.6. The minimum atomic E-state index is -2.24. The Balaban J connectivity index is 2.75. The largest absolute Gasteiger partial charge is 0.204 e. The number of rotatable bonds is 0. The molecule has 1 aliphatic carbocycles. The van der Waals surface area contributed by atoms with Crippen molar-refractivity contribution in [1.29, 1.82) is 0 Å². The van der Waals surface area contributed by atoms with Gasteiger partial charge in [0, 0.05) is 5.48 Å². The fraction of sp³-hybridized carbons (Fsp3) is 0.455. The Kier molecular flexibility index (Phi) is 1.36. The first-order valence-corrected chi connectivity index (χ1v) is 4.26. The summed E-state index contributed by atoms with van der Waals surface area (Å²) in [7, 11) is 0. The molecule has 1 aromatic carbocycles. The molecular weight excluding hydrogens is 189 g/mol. The Bertz CT molecular complexity index is 514. The number of fused-ring (bicyclic) bond motifs is 1. The molecule has 0 saturated heterocycles. The van der Waals surface area contributed by atoms with Crippen LogP contribution in [0.5, 0.6) is 0 Å². The Morgan fingerprint density at radius 2 is 2.07 bits per heavy atom. The van der Waals surface area contributed by atoms with Crippen molar-refractivity contribution in [2.45, 2.75) is 26.1 Å². The van der Waals surface area contributed by atoms with Gasteiger partial charge in [-0.25, -0.2) is 13.2 Å². The molecule has 0 aromatic heterocycles. The Morgan fingerprint density at radius 1 is 1.36 bits per heavy atom. The molecule has 0 saturated carbocycles. The van der Waals surface area contributed by atoms with E-state index in [4.69, 9.17) is 5.48 Å². The smallest absolute Gasteiger partial charge is 0.194 e. The summed E-state index contributed by atoms with van der Waals surface area (Å²) in [6, 6.07) is 0.624. The second-order valence-electron chi connectivity index (χ2n) is 3.26. The Labute approximate surface area is 86.4 Å². The van der Waals surface area contributed by atoms with Gasteiger partial charge in [-0.15, -0.1) is 0 Å². The molecule has 1 unspecified atom stereocenters. The summed E-state index contributed by atoms with van der Waals surface area (Å²) >= 11 is 0. The molecule has 0 fully saturated rings. The van der Waals surface area contributed by atoms with E-state index >= 15 is 0 Å². The number of hydrogen-bond acceptors (Lipinski definition) is 0. The molecule has 0 N–H and O–H groups in total. The highest BCUT2D eigenvalue weighted by atomic mass is 19.2. The Hall–Kier alpha value is -0.990. The van der Waals surface area contributed by atoms with Gasteiger partial charge in [0.25, 0.3) is 0 Å². The minimum absolute atomic E-state index is 0.304. The van der Waals surface area contributed by atoms with Gasteiger partial charge < -0.3 is 0 Å². The summed E-state index contributed by atoms with van der Waals surface area (Å²) in [5.74, 6) is -5.72. The second kappa shape index (κ2) is 3.30. The maximum Gasteiger partial charge on any atom is 0.194 e. The van der Waals surface area contributed by atoms with Gasteiger partial charge >= 0.3 is 0 Å². The molecule has 0 radical (unpaired) electrons. The zero-order valence-corrected chi connectivity index (χ0v) is 7.50. The molecule has 3 heteroatoms. The van der Waals surface area contributed by atoms with E-state index in [1.165, 1.54) is 6.92 Å². The lowest BCUT2D eigenvalue weighted by atomic mass is 9.84. The zero-order valence-electron chi connectivity index (χ0n) is 11.5. The fourth-order valence-electron chi connectivity index (χ4n) is 1.47. The summed E-state index contributed by atoms with van der Waals surface area (Å²) in [4.78, 5) is 0. The van der Waals surface area contributed by atoms with Crippen molar-refractivity contribution in [2.24, 2.45) is 5.92 Å². The van der Waals surface area contributed by atoms with E-state index in [0.29, 0.717) is 6.07 Å². The predicted molar refractivity (Wildman–Crippen MR) is 47.5 cm³/mol. The molecular formula is C11H11F3. The van der Waals surface area contributed by atoms with E-state index < -0.39 is 48.1 Å². The van der Waals surface area contributed by atoms with E-state index in [1.54, 1.807) is 0 Å². The van der Waals surface area contributed by atoms with Crippen LogP contribution in [0.15, 0.2) is 6.07 Å². The molecule has 0 spiro atoms. The van der Waals surface area contributed by atoms with Crippen molar-refractivity contribution < 1.29 is 18.7 Å². The molecule has 76 valence electrons. The first-order chi connectivity index (χ1) is 8.09. The molecule has 14 heavy (non-hydrogen) atoms. The van der Waals surface area contributed by atoms with Gasteiger partial charge in [-0.3, -0.25) is 0 Å². The quantitative estimate of drug-likeness (QED) is 0.569. The zero-order chi connectivity index (χ0) is 13.9. The van der Waals surface area contributed by atoms with Gasteiger partial charge in [0.2, 0.25) is 0 Å². The van der Waals surface area contributed by atoms with Crippen LogP contribution in [0.25, 0.3) is 0 Å². The molecule has 1 aliphatic rings. The van der Waals surface area contributed by atoms with Gasteiger partial charge in [-0.2, -0.15) is 0 Å². The van der Waals surface area contributed by atoms with Crippen LogP contribution in [0.2, 0.25) is 0 Å². The van der Waals surface area contributed by atoms with Crippen molar-refractivity contribution >= 4 is 0 Å². The third-order valence-electron chi connectivity index (χ3n) is 2.22. The summed E-state index contributed by atoms with van der Waals surface area (Å²) in [6.07, 6.45) is -4.72. The summed E-state index contributed by atoms with van der Waals surface area (Å²) in [5, 5.41) is 0. The normalized spacial score (nSPS) is 32.1. The van der Waals surface area contributed by atoms with Crippen LogP contribution in [-0.2, 0) is 12.8 Å². The van der Waals surface area contributed by atoms with Gasteiger partial charge in [-0.1, -0.05) is 6.92 Å². The van der Waals surface area contributed by atoms with Crippen LogP contribution >= 0.6 is 0 Å². The van der Waals surface area contributed by atoms with E-state index in [9.17, 15) is 13.2 Å². The lowest BCUT2D eigenvalue weighted by molar-refractivity contribution is 0.418. The topological polar surface area (TPSA) is 0 Å². The average molecular weight is 204 g/mol. The Morgan fingerprint density at radius 3 is 2.79 bits per heavy atom. The van der Waals surface area contributed by atoms with E-state index in [-0.39, 0.29) is 5.56 Å². The predicted octanol–water partition coefficient (Wildman–Crippen LogP) is 3.23.